The Morgan fingerprint density at radius 3 is 2.65 bits per heavy atom. The van der Waals surface area contributed by atoms with E-state index in [1.54, 1.807) is 18.2 Å². The highest BCUT2D eigenvalue weighted by Crippen LogP contribution is 2.37. The van der Waals surface area contributed by atoms with Crippen LogP contribution in [-0.2, 0) is 16.0 Å². The van der Waals surface area contributed by atoms with Gasteiger partial charge in [-0.3, -0.25) is 9.59 Å². The van der Waals surface area contributed by atoms with Crippen LogP contribution in [0.3, 0.4) is 0 Å². The molecule has 1 aromatic carbocycles. The number of rotatable bonds is 5. The minimum absolute atomic E-state index is 0.0512. The topological polar surface area (TPSA) is 77.8 Å². The number of β-amino-alcohol motifs (C(OH)–C–C–N with tert-alkyl or cyclic N) is 1. The van der Waals surface area contributed by atoms with Gasteiger partial charge < -0.3 is 15.1 Å². The number of piperidine rings is 1. The Hall–Kier alpha value is -1.59. The average Bonchev–Trinajstić information content (AvgIpc) is 2.51. The molecular weight excluding hydrogens is 318 g/mol. The van der Waals surface area contributed by atoms with Gasteiger partial charge in [0.1, 0.15) is 0 Å². The van der Waals surface area contributed by atoms with Gasteiger partial charge in [-0.05, 0) is 24.5 Å². The summed E-state index contributed by atoms with van der Waals surface area (Å²) in [4.78, 5) is 25.6. The van der Waals surface area contributed by atoms with Crippen LogP contribution < -0.4 is 0 Å². The maximum absolute atomic E-state index is 12.4. The number of halogens is 1. The highest BCUT2D eigenvalue weighted by molar-refractivity contribution is 6.31. The largest absolute Gasteiger partial charge is 0.481 e. The summed E-state index contributed by atoms with van der Waals surface area (Å²) in [5.41, 5.74) is -0.409. The first kappa shape index (κ1) is 17.8. The fourth-order valence-corrected chi connectivity index (χ4v) is 3.42. The summed E-state index contributed by atoms with van der Waals surface area (Å²) in [5.74, 6) is -1.13. The molecule has 1 fully saturated rings. The lowest BCUT2D eigenvalue weighted by Gasteiger charge is -2.42. The van der Waals surface area contributed by atoms with Gasteiger partial charge in [0, 0.05) is 18.1 Å². The summed E-state index contributed by atoms with van der Waals surface area (Å²) in [6, 6.07) is 7.13. The van der Waals surface area contributed by atoms with Crippen molar-refractivity contribution in [1.82, 2.24) is 4.90 Å². The standard InChI is InChI=1S/C17H22ClNO4/c1-2-7-17(16(22)23)8-9-19(11-14(17)20)15(21)10-12-5-3-4-6-13(12)18/h3-6,14,20H,2,7-11H2,1H3,(H,22,23)/t14-,17+/m1/s1. The molecule has 2 N–H and O–H groups in total. The van der Waals surface area contributed by atoms with Gasteiger partial charge in [-0.2, -0.15) is 0 Å². The first-order valence-corrected chi connectivity index (χ1v) is 8.21. The van der Waals surface area contributed by atoms with Crippen molar-refractivity contribution in [2.45, 2.75) is 38.7 Å². The zero-order chi connectivity index (χ0) is 17.0. The van der Waals surface area contributed by atoms with Crippen molar-refractivity contribution in [2.75, 3.05) is 13.1 Å². The molecule has 2 rings (SSSR count). The molecule has 0 saturated carbocycles. The van der Waals surface area contributed by atoms with E-state index in [1.807, 2.05) is 13.0 Å². The summed E-state index contributed by atoms with van der Waals surface area (Å²) in [7, 11) is 0. The fraction of sp³-hybridized carbons (Fsp3) is 0.529. The lowest BCUT2D eigenvalue weighted by molar-refractivity contribution is -0.167. The highest BCUT2D eigenvalue weighted by atomic mass is 35.5. The Bertz CT molecular complexity index is 592. The molecule has 1 aliphatic rings. The molecule has 0 radical (unpaired) electrons. The van der Waals surface area contributed by atoms with Gasteiger partial charge >= 0.3 is 5.97 Å². The zero-order valence-corrected chi connectivity index (χ0v) is 13.9. The second-order valence-corrected chi connectivity index (χ2v) is 6.49. The second-order valence-electron chi connectivity index (χ2n) is 6.09. The van der Waals surface area contributed by atoms with E-state index < -0.39 is 17.5 Å². The molecule has 0 aliphatic carbocycles. The van der Waals surface area contributed by atoms with Crippen LogP contribution >= 0.6 is 11.6 Å². The first-order chi connectivity index (χ1) is 10.9. The number of nitrogens with zero attached hydrogens (tertiary/aromatic N) is 1. The molecule has 0 bridgehead atoms. The summed E-state index contributed by atoms with van der Waals surface area (Å²) < 4.78 is 0. The minimum Gasteiger partial charge on any atom is -0.481 e. The number of carboxylic acids is 1. The van der Waals surface area contributed by atoms with E-state index in [2.05, 4.69) is 0 Å². The monoisotopic (exact) mass is 339 g/mol. The Balaban J connectivity index is 2.06. The van der Waals surface area contributed by atoms with Crippen LogP contribution in [0.2, 0.25) is 5.02 Å². The van der Waals surface area contributed by atoms with Gasteiger partial charge in [-0.25, -0.2) is 0 Å². The van der Waals surface area contributed by atoms with E-state index in [4.69, 9.17) is 11.6 Å². The minimum atomic E-state index is -1.14. The van der Waals surface area contributed by atoms with E-state index >= 15 is 0 Å². The van der Waals surface area contributed by atoms with Crippen molar-refractivity contribution in [2.24, 2.45) is 5.41 Å². The molecule has 126 valence electrons. The molecule has 1 heterocycles. The third-order valence-corrected chi connectivity index (χ3v) is 5.00. The first-order valence-electron chi connectivity index (χ1n) is 7.83. The van der Waals surface area contributed by atoms with Crippen LogP contribution in [0.4, 0.5) is 0 Å². The van der Waals surface area contributed by atoms with Crippen LogP contribution in [0.15, 0.2) is 24.3 Å². The van der Waals surface area contributed by atoms with Crippen molar-refractivity contribution < 1.29 is 19.8 Å². The molecule has 1 aromatic rings. The van der Waals surface area contributed by atoms with Gasteiger partial charge in [0.2, 0.25) is 5.91 Å². The number of carbonyl (C=O) groups excluding carboxylic acids is 1. The SMILES string of the molecule is CCC[C@]1(C(=O)O)CCN(C(=O)Cc2ccccc2Cl)C[C@H]1O. The van der Waals surface area contributed by atoms with Gasteiger partial charge in [0.15, 0.2) is 0 Å². The molecule has 0 aromatic heterocycles. The molecule has 0 spiro atoms. The third-order valence-electron chi connectivity index (χ3n) is 4.63. The lowest BCUT2D eigenvalue weighted by Crippen LogP contribution is -2.56. The van der Waals surface area contributed by atoms with Gasteiger partial charge in [0.05, 0.1) is 17.9 Å². The number of carboxylic acid groups (broad SMARTS) is 1. The number of likely N-dealkylation sites (tertiary alicyclic amines) is 1. The van der Waals surface area contributed by atoms with E-state index in [1.165, 1.54) is 4.90 Å². The van der Waals surface area contributed by atoms with Gasteiger partial charge in [0.25, 0.3) is 0 Å². The lowest BCUT2D eigenvalue weighted by atomic mass is 9.72. The van der Waals surface area contributed by atoms with Crippen molar-refractivity contribution >= 4 is 23.5 Å². The maximum Gasteiger partial charge on any atom is 0.312 e. The third kappa shape index (κ3) is 3.67. The number of aliphatic hydroxyl groups is 1. The van der Waals surface area contributed by atoms with Crippen LogP contribution in [0.5, 0.6) is 0 Å². The van der Waals surface area contributed by atoms with Crippen molar-refractivity contribution in [1.29, 1.82) is 0 Å². The number of benzene rings is 1. The molecule has 5 nitrogen and oxygen atoms in total. The number of aliphatic carboxylic acids is 1. The predicted octanol–water partition coefficient (Wildman–Crippen LogP) is 2.35. The summed E-state index contributed by atoms with van der Waals surface area (Å²) in [6.07, 6.45) is 0.461. The Morgan fingerprint density at radius 2 is 2.09 bits per heavy atom. The number of carbonyl (C=O) groups is 2. The van der Waals surface area contributed by atoms with Crippen LogP contribution in [-0.4, -0.2) is 46.2 Å². The number of aliphatic hydroxyl groups excluding tert-OH is 1. The van der Waals surface area contributed by atoms with E-state index in [0.717, 1.165) is 5.56 Å². The second kappa shape index (κ2) is 7.32. The van der Waals surface area contributed by atoms with Crippen LogP contribution in [0, 0.1) is 5.41 Å². The molecule has 2 atom stereocenters. The Kier molecular flexibility index (Phi) is 5.65. The number of hydrogen-bond donors (Lipinski definition) is 2. The summed E-state index contributed by atoms with van der Waals surface area (Å²) in [5, 5.41) is 20.4. The van der Waals surface area contributed by atoms with E-state index in [9.17, 15) is 19.8 Å². The van der Waals surface area contributed by atoms with E-state index in [0.29, 0.717) is 24.4 Å². The molecule has 23 heavy (non-hydrogen) atoms. The predicted molar refractivity (Wildman–Crippen MR) is 87.3 cm³/mol. The van der Waals surface area contributed by atoms with Crippen molar-refractivity contribution in [3.05, 3.63) is 34.9 Å². The Morgan fingerprint density at radius 1 is 1.39 bits per heavy atom. The molecule has 1 amide bonds. The summed E-state index contributed by atoms with van der Waals surface area (Å²) in [6.45, 7) is 2.29. The van der Waals surface area contributed by atoms with Crippen molar-refractivity contribution in [3.63, 3.8) is 0 Å². The smallest absolute Gasteiger partial charge is 0.312 e. The van der Waals surface area contributed by atoms with Crippen LogP contribution in [0.25, 0.3) is 0 Å². The quantitative estimate of drug-likeness (QED) is 0.863. The number of hydrogen-bond acceptors (Lipinski definition) is 3. The fourth-order valence-electron chi connectivity index (χ4n) is 3.21. The average molecular weight is 340 g/mol. The number of amides is 1. The molecule has 6 heteroatoms. The highest BCUT2D eigenvalue weighted by Gasteiger charge is 2.48. The zero-order valence-electron chi connectivity index (χ0n) is 13.2. The molecular formula is C17H22ClNO4. The molecule has 1 aliphatic heterocycles. The summed E-state index contributed by atoms with van der Waals surface area (Å²) >= 11 is 6.07. The Labute approximate surface area is 140 Å². The van der Waals surface area contributed by atoms with Crippen molar-refractivity contribution in [3.8, 4) is 0 Å². The molecule has 0 unspecified atom stereocenters. The van der Waals surface area contributed by atoms with E-state index in [-0.39, 0.29) is 25.3 Å². The molecule has 1 saturated heterocycles. The maximum atomic E-state index is 12.4. The van der Waals surface area contributed by atoms with Gasteiger partial charge in [-0.15, -0.1) is 0 Å². The van der Waals surface area contributed by atoms with Gasteiger partial charge in [-0.1, -0.05) is 43.1 Å². The van der Waals surface area contributed by atoms with Crippen LogP contribution in [0.1, 0.15) is 31.7 Å². The normalized spacial score (nSPS) is 24.5.